The molecule has 1 saturated carbocycles. The minimum Gasteiger partial charge on any atom is -0.316 e. The predicted octanol–water partition coefficient (Wildman–Crippen LogP) is 0.615. The molecule has 3 aliphatic rings. The van der Waals surface area contributed by atoms with Crippen molar-refractivity contribution in [2.24, 2.45) is 5.41 Å². The molecule has 0 aromatic carbocycles. The van der Waals surface area contributed by atoms with Crippen LogP contribution in [-0.4, -0.2) is 51.3 Å². The van der Waals surface area contributed by atoms with Crippen LogP contribution in [-0.2, 0) is 6.54 Å². The molecule has 19 heavy (non-hydrogen) atoms. The molecule has 0 bridgehead atoms. The second kappa shape index (κ2) is 5.00. The van der Waals surface area contributed by atoms with Crippen LogP contribution in [0.15, 0.2) is 0 Å². The molecule has 1 atom stereocenters. The Kier molecular flexibility index (Phi) is 3.49. The van der Waals surface area contributed by atoms with Gasteiger partial charge in [-0.1, -0.05) is 0 Å². The van der Waals surface area contributed by atoms with E-state index < -0.39 is 0 Å². The lowest BCUT2D eigenvalue weighted by atomic mass is 9.87. The van der Waals surface area contributed by atoms with E-state index in [2.05, 4.69) is 25.7 Å². The average molecular weight is 285 g/mol. The van der Waals surface area contributed by atoms with E-state index in [9.17, 15) is 0 Å². The van der Waals surface area contributed by atoms with Gasteiger partial charge < -0.3 is 5.32 Å². The molecule has 1 aromatic rings. The number of hydrogen-bond acceptors (Lipinski definition) is 5. The van der Waals surface area contributed by atoms with Gasteiger partial charge in [0.25, 0.3) is 0 Å². The zero-order valence-electron chi connectivity index (χ0n) is 11.1. The molecule has 1 spiro atoms. The Hall–Kier alpha value is -0.720. The Morgan fingerprint density at radius 3 is 2.95 bits per heavy atom. The lowest BCUT2D eigenvalue weighted by Crippen LogP contribution is -2.29. The van der Waals surface area contributed by atoms with E-state index in [1.54, 1.807) is 0 Å². The first-order valence-corrected chi connectivity index (χ1v) is 7.05. The zero-order chi connectivity index (χ0) is 12.0. The van der Waals surface area contributed by atoms with Crippen molar-refractivity contribution in [1.29, 1.82) is 0 Å². The Balaban J connectivity index is 0.00000110. The summed E-state index contributed by atoms with van der Waals surface area (Å²) in [5.41, 5.74) is 0.540. The number of likely N-dealkylation sites (tertiary alicyclic amines) is 1. The van der Waals surface area contributed by atoms with Gasteiger partial charge in [-0.05, 0) is 54.6 Å². The number of aromatic nitrogens is 4. The maximum Gasteiger partial charge on any atom is 0.165 e. The normalized spacial score (nSPS) is 30.9. The standard InChI is InChI=1S/C12H20N6.ClH/c1-2-10(1)18-11(14-15-16-18)7-17-6-4-12(9-17)3-5-13-8-12;/h10,13H,1-9H2;1H. The van der Waals surface area contributed by atoms with Gasteiger partial charge in [0.1, 0.15) is 0 Å². The third-order valence-electron chi connectivity index (χ3n) is 4.67. The molecule has 2 saturated heterocycles. The molecule has 1 N–H and O–H groups in total. The van der Waals surface area contributed by atoms with Crippen molar-refractivity contribution in [2.45, 2.75) is 38.3 Å². The molecule has 0 radical (unpaired) electrons. The molecule has 6 nitrogen and oxygen atoms in total. The monoisotopic (exact) mass is 284 g/mol. The molecule has 1 unspecified atom stereocenters. The first-order chi connectivity index (χ1) is 8.85. The molecule has 7 heteroatoms. The lowest BCUT2D eigenvalue weighted by Gasteiger charge is -2.22. The fourth-order valence-electron chi connectivity index (χ4n) is 3.43. The number of rotatable bonds is 3. The van der Waals surface area contributed by atoms with E-state index in [1.165, 1.54) is 51.9 Å². The van der Waals surface area contributed by atoms with Gasteiger partial charge in [-0.2, -0.15) is 0 Å². The Bertz CT molecular complexity index is 437. The number of nitrogens with zero attached hydrogens (tertiary/aromatic N) is 5. The second-order valence-electron chi connectivity index (χ2n) is 6.16. The number of tetrazole rings is 1. The van der Waals surface area contributed by atoms with Gasteiger partial charge in [-0.3, -0.25) is 4.90 Å². The maximum absolute atomic E-state index is 4.20. The van der Waals surface area contributed by atoms with Crippen LogP contribution in [0, 0.1) is 5.41 Å². The average Bonchev–Trinajstić information content (AvgIpc) is 2.80. The summed E-state index contributed by atoms with van der Waals surface area (Å²) in [6.45, 7) is 5.70. The summed E-state index contributed by atoms with van der Waals surface area (Å²) >= 11 is 0. The highest BCUT2D eigenvalue weighted by molar-refractivity contribution is 5.85. The Labute approximate surface area is 119 Å². The van der Waals surface area contributed by atoms with E-state index >= 15 is 0 Å². The highest BCUT2D eigenvalue weighted by atomic mass is 35.5. The van der Waals surface area contributed by atoms with E-state index in [4.69, 9.17) is 0 Å². The van der Waals surface area contributed by atoms with Crippen molar-refractivity contribution < 1.29 is 0 Å². The Morgan fingerprint density at radius 2 is 2.21 bits per heavy atom. The fourth-order valence-corrected chi connectivity index (χ4v) is 3.43. The van der Waals surface area contributed by atoms with E-state index in [-0.39, 0.29) is 12.4 Å². The second-order valence-corrected chi connectivity index (χ2v) is 6.16. The van der Waals surface area contributed by atoms with Crippen LogP contribution in [0.5, 0.6) is 0 Å². The van der Waals surface area contributed by atoms with Crippen molar-refractivity contribution >= 4 is 12.4 Å². The third-order valence-corrected chi connectivity index (χ3v) is 4.67. The van der Waals surface area contributed by atoms with Crippen LogP contribution in [0.3, 0.4) is 0 Å². The van der Waals surface area contributed by atoms with Crippen molar-refractivity contribution in [2.75, 3.05) is 26.2 Å². The summed E-state index contributed by atoms with van der Waals surface area (Å²) in [5, 5.41) is 15.7. The third kappa shape index (κ3) is 2.49. The van der Waals surface area contributed by atoms with Gasteiger partial charge in [0.05, 0.1) is 12.6 Å². The van der Waals surface area contributed by atoms with Crippen molar-refractivity contribution in [3.63, 3.8) is 0 Å². The molecular weight excluding hydrogens is 264 g/mol. The van der Waals surface area contributed by atoms with Crippen LogP contribution in [0.25, 0.3) is 0 Å². The largest absolute Gasteiger partial charge is 0.316 e. The zero-order valence-corrected chi connectivity index (χ0v) is 11.9. The van der Waals surface area contributed by atoms with Gasteiger partial charge in [0.15, 0.2) is 5.82 Å². The lowest BCUT2D eigenvalue weighted by molar-refractivity contribution is 0.259. The molecule has 3 heterocycles. The highest BCUT2D eigenvalue weighted by Crippen LogP contribution is 2.37. The van der Waals surface area contributed by atoms with Crippen LogP contribution >= 0.6 is 12.4 Å². The topological polar surface area (TPSA) is 58.9 Å². The summed E-state index contributed by atoms with van der Waals surface area (Å²) in [6.07, 6.45) is 5.14. The smallest absolute Gasteiger partial charge is 0.165 e. The van der Waals surface area contributed by atoms with Gasteiger partial charge in [0, 0.05) is 13.1 Å². The summed E-state index contributed by atoms with van der Waals surface area (Å²) in [7, 11) is 0. The van der Waals surface area contributed by atoms with E-state index in [0.29, 0.717) is 11.5 Å². The molecular formula is C12H21ClN6. The van der Waals surface area contributed by atoms with Gasteiger partial charge >= 0.3 is 0 Å². The SMILES string of the molecule is C1CC2(CCN(Cc3nnnn3C3CC3)C2)CN1.Cl. The maximum atomic E-state index is 4.20. The minimum atomic E-state index is 0. The van der Waals surface area contributed by atoms with Crippen LogP contribution in [0.2, 0.25) is 0 Å². The van der Waals surface area contributed by atoms with E-state index in [0.717, 1.165) is 12.4 Å². The molecule has 2 aliphatic heterocycles. The van der Waals surface area contributed by atoms with Gasteiger partial charge in [0.2, 0.25) is 0 Å². The highest BCUT2D eigenvalue weighted by Gasteiger charge is 2.40. The Morgan fingerprint density at radius 1 is 1.32 bits per heavy atom. The predicted molar refractivity (Wildman–Crippen MR) is 73.1 cm³/mol. The summed E-state index contributed by atoms with van der Waals surface area (Å²) in [6, 6.07) is 0.583. The minimum absolute atomic E-state index is 0. The van der Waals surface area contributed by atoms with Crippen molar-refractivity contribution in [3.8, 4) is 0 Å². The summed E-state index contributed by atoms with van der Waals surface area (Å²) < 4.78 is 2.04. The number of halogens is 1. The first-order valence-electron chi connectivity index (χ1n) is 7.05. The molecule has 0 amide bonds. The fraction of sp³-hybridized carbons (Fsp3) is 0.917. The molecule has 3 fully saturated rings. The summed E-state index contributed by atoms with van der Waals surface area (Å²) in [4.78, 5) is 2.53. The first kappa shape index (κ1) is 13.3. The number of nitrogens with one attached hydrogen (secondary N) is 1. The van der Waals surface area contributed by atoms with Gasteiger partial charge in [-0.15, -0.1) is 17.5 Å². The molecule has 106 valence electrons. The van der Waals surface area contributed by atoms with Crippen LogP contribution < -0.4 is 5.32 Å². The van der Waals surface area contributed by atoms with Crippen molar-refractivity contribution in [3.05, 3.63) is 5.82 Å². The molecule has 1 aliphatic carbocycles. The van der Waals surface area contributed by atoms with Gasteiger partial charge in [-0.25, -0.2) is 4.68 Å². The molecule has 1 aromatic heterocycles. The van der Waals surface area contributed by atoms with Crippen LogP contribution in [0.4, 0.5) is 0 Å². The van der Waals surface area contributed by atoms with Crippen LogP contribution in [0.1, 0.15) is 37.5 Å². The quantitative estimate of drug-likeness (QED) is 0.882. The number of hydrogen-bond donors (Lipinski definition) is 1. The summed E-state index contributed by atoms with van der Waals surface area (Å²) in [5.74, 6) is 1.06. The molecule has 4 rings (SSSR count). The van der Waals surface area contributed by atoms with Crippen molar-refractivity contribution in [1.82, 2.24) is 30.4 Å². The van der Waals surface area contributed by atoms with E-state index in [1.807, 2.05) is 4.68 Å².